The van der Waals surface area contributed by atoms with Crippen molar-refractivity contribution in [3.8, 4) is 0 Å². The molecule has 0 aliphatic heterocycles. The van der Waals surface area contributed by atoms with Crippen LogP contribution in [0, 0.1) is 0 Å². The van der Waals surface area contributed by atoms with Crippen molar-refractivity contribution in [1.82, 2.24) is 9.88 Å². The Bertz CT molecular complexity index is 578. The summed E-state index contributed by atoms with van der Waals surface area (Å²) in [6, 6.07) is 4.77. The van der Waals surface area contributed by atoms with Gasteiger partial charge in [-0.2, -0.15) is 0 Å². The number of aliphatic hydroxyl groups excluding tert-OH is 1. The highest BCUT2D eigenvalue weighted by Gasteiger charge is 2.17. The Labute approximate surface area is 119 Å². The Balaban J connectivity index is 2.00. The lowest BCUT2D eigenvalue weighted by atomic mass is 10.2. The van der Waals surface area contributed by atoms with Crippen LogP contribution in [-0.2, 0) is 7.05 Å². The van der Waals surface area contributed by atoms with E-state index in [2.05, 4.69) is 5.32 Å². The molecule has 0 radical (unpaired) electrons. The maximum atomic E-state index is 11.9. The van der Waals surface area contributed by atoms with E-state index in [9.17, 15) is 9.90 Å². The number of aliphatic hydroxyl groups is 1. The fourth-order valence-electron chi connectivity index (χ4n) is 1.62. The average Bonchev–Trinajstić information content (AvgIpc) is 3.00. The minimum absolute atomic E-state index is 0.0345. The number of carbonyl (C=O) groups excluding carboxylic acids is 1. The molecule has 1 amide bonds. The third-order valence-electron chi connectivity index (χ3n) is 2.68. The quantitative estimate of drug-likeness (QED) is 0.911. The molecule has 0 aliphatic rings. The molecule has 0 spiro atoms. The minimum Gasteiger partial charge on any atom is -0.467 e. The average molecular weight is 303 g/mol. The van der Waals surface area contributed by atoms with Gasteiger partial charge in [0.25, 0.3) is 5.91 Å². The standard InChI is InChI=1S/C12H12Cl2N2O3/c1-16-8(5-7(13)11(16)14)12(18)15-6-9(17)10-3-2-4-19-10/h2-5,9,17H,6H2,1H3,(H,15,18). The fraction of sp³-hybridized carbons (Fsp3) is 0.250. The van der Waals surface area contributed by atoms with Gasteiger partial charge in [-0.15, -0.1) is 0 Å². The molecule has 2 aromatic rings. The number of amides is 1. The number of hydrogen-bond donors (Lipinski definition) is 2. The van der Waals surface area contributed by atoms with Crippen LogP contribution in [0.4, 0.5) is 0 Å². The predicted molar refractivity (Wildman–Crippen MR) is 71.4 cm³/mol. The number of nitrogens with one attached hydrogen (secondary N) is 1. The zero-order chi connectivity index (χ0) is 14.0. The maximum Gasteiger partial charge on any atom is 0.268 e. The highest BCUT2D eigenvalue weighted by Crippen LogP contribution is 2.25. The van der Waals surface area contributed by atoms with Crippen LogP contribution in [0.15, 0.2) is 28.9 Å². The Morgan fingerprint density at radius 1 is 1.58 bits per heavy atom. The van der Waals surface area contributed by atoms with Gasteiger partial charge in [-0.3, -0.25) is 4.79 Å². The van der Waals surface area contributed by atoms with E-state index >= 15 is 0 Å². The van der Waals surface area contributed by atoms with E-state index in [0.717, 1.165) is 0 Å². The first-order valence-electron chi connectivity index (χ1n) is 5.51. The number of halogens is 2. The van der Waals surface area contributed by atoms with Gasteiger partial charge in [0.15, 0.2) is 0 Å². The first kappa shape index (κ1) is 14.0. The van der Waals surface area contributed by atoms with Crippen LogP contribution in [0.1, 0.15) is 22.4 Å². The molecule has 0 saturated carbocycles. The molecule has 2 N–H and O–H groups in total. The topological polar surface area (TPSA) is 67.4 Å². The van der Waals surface area contributed by atoms with Crippen LogP contribution in [0.5, 0.6) is 0 Å². The number of furan rings is 1. The van der Waals surface area contributed by atoms with Gasteiger partial charge < -0.3 is 19.4 Å². The Morgan fingerprint density at radius 3 is 2.84 bits per heavy atom. The molecule has 2 aromatic heterocycles. The zero-order valence-electron chi connectivity index (χ0n) is 10.1. The largest absolute Gasteiger partial charge is 0.467 e. The van der Waals surface area contributed by atoms with Crippen LogP contribution in [-0.4, -0.2) is 22.1 Å². The van der Waals surface area contributed by atoms with E-state index in [1.807, 2.05) is 0 Å². The molecule has 102 valence electrons. The summed E-state index contributed by atoms with van der Waals surface area (Å²) in [6.45, 7) is 0.0345. The summed E-state index contributed by atoms with van der Waals surface area (Å²) in [4.78, 5) is 11.9. The summed E-state index contributed by atoms with van der Waals surface area (Å²) in [6.07, 6.45) is 0.557. The van der Waals surface area contributed by atoms with E-state index < -0.39 is 6.10 Å². The van der Waals surface area contributed by atoms with Crippen molar-refractivity contribution in [1.29, 1.82) is 0 Å². The number of carbonyl (C=O) groups is 1. The van der Waals surface area contributed by atoms with Gasteiger partial charge in [0.2, 0.25) is 0 Å². The number of hydrogen-bond acceptors (Lipinski definition) is 3. The first-order chi connectivity index (χ1) is 9.00. The molecule has 5 nitrogen and oxygen atoms in total. The second-order valence-corrected chi connectivity index (χ2v) is 4.73. The molecule has 0 aromatic carbocycles. The molecule has 0 fully saturated rings. The minimum atomic E-state index is -0.898. The van der Waals surface area contributed by atoms with Crippen LogP contribution in [0.2, 0.25) is 10.2 Å². The van der Waals surface area contributed by atoms with Crippen LogP contribution >= 0.6 is 23.2 Å². The van der Waals surface area contributed by atoms with Gasteiger partial charge in [0, 0.05) is 7.05 Å². The van der Waals surface area contributed by atoms with E-state index in [-0.39, 0.29) is 12.5 Å². The third-order valence-corrected chi connectivity index (χ3v) is 3.52. The lowest BCUT2D eigenvalue weighted by molar-refractivity contribution is 0.0893. The highest BCUT2D eigenvalue weighted by atomic mass is 35.5. The van der Waals surface area contributed by atoms with Gasteiger partial charge in [-0.1, -0.05) is 23.2 Å². The van der Waals surface area contributed by atoms with E-state index in [4.69, 9.17) is 27.6 Å². The Morgan fingerprint density at radius 2 is 2.32 bits per heavy atom. The van der Waals surface area contributed by atoms with E-state index in [0.29, 0.717) is 21.6 Å². The molecule has 1 unspecified atom stereocenters. The van der Waals surface area contributed by atoms with Gasteiger partial charge in [0.1, 0.15) is 22.7 Å². The van der Waals surface area contributed by atoms with Gasteiger partial charge in [0.05, 0.1) is 17.8 Å². The Hall–Kier alpha value is -1.43. The van der Waals surface area contributed by atoms with Gasteiger partial charge in [-0.25, -0.2) is 0 Å². The first-order valence-corrected chi connectivity index (χ1v) is 6.26. The molecule has 19 heavy (non-hydrogen) atoms. The van der Waals surface area contributed by atoms with Crippen LogP contribution < -0.4 is 5.32 Å². The number of rotatable bonds is 4. The molecule has 0 aliphatic carbocycles. The fourth-order valence-corrected chi connectivity index (χ4v) is 2.00. The van der Waals surface area contributed by atoms with Crippen molar-refractivity contribution >= 4 is 29.1 Å². The summed E-state index contributed by atoms with van der Waals surface area (Å²) in [7, 11) is 1.63. The number of nitrogens with zero attached hydrogens (tertiary/aromatic N) is 1. The maximum absolute atomic E-state index is 11.9. The van der Waals surface area contributed by atoms with Crippen molar-refractivity contribution in [2.75, 3.05) is 6.54 Å². The molecule has 0 bridgehead atoms. The molecular weight excluding hydrogens is 291 g/mol. The third kappa shape index (κ3) is 2.94. The molecule has 7 heteroatoms. The van der Waals surface area contributed by atoms with Crippen molar-refractivity contribution in [3.63, 3.8) is 0 Å². The predicted octanol–water partition coefficient (Wildman–Crippen LogP) is 2.39. The van der Waals surface area contributed by atoms with Crippen LogP contribution in [0.3, 0.4) is 0 Å². The molecule has 2 rings (SSSR count). The molecule has 0 saturated heterocycles. The summed E-state index contributed by atoms with van der Waals surface area (Å²) >= 11 is 11.7. The summed E-state index contributed by atoms with van der Waals surface area (Å²) in [5.74, 6) is 0.0187. The second-order valence-electron chi connectivity index (χ2n) is 3.97. The van der Waals surface area contributed by atoms with Gasteiger partial charge in [-0.05, 0) is 18.2 Å². The van der Waals surface area contributed by atoms with Crippen molar-refractivity contribution in [3.05, 3.63) is 46.1 Å². The molecule has 2 heterocycles. The van der Waals surface area contributed by atoms with E-state index in [1.54, 1.807) is 19.2 Å². The lowest BCUT2D eigenvalue weighted by Crippen LogP contribution is -2.29. The van der Waals surface area contributed by atoms with Gasteiger partial charge >= 0.3 is 0 Å². The summed E-state index contributed by atoms with van der Waals surface area (Å²) < 4.78 is 6.50. The number of aromatic nitrogens is 1. The SMILES string of the molecule is Cn1c(C(=O)NCC(O)c2ccco2)cc(Cl)c1Cl. The van der Waals surface area contributed by atoms with Crippen molar-refractivity contribution in [2.24, 2.45) is 7.05 Å². The Kier molecular flexibility index (Phi) is 4.19. The van der Waals surface area contributed by atoms with Crippen molar-refractivity contribution in [2.45, 2.75) is 6.10 Å². The summed E-state index contributed by atoms with van der Waals surface area (Å²) in [5.41, 5.74) is 0.321. The summed E-state index contributed by atoms with van der Waals surface area (Å²) in [5, 5.41) is 12.9. The van der Waals surface area contributed by atoms with Crippen LogP contribution in [0.25, 0.3) is 0 Å². The molecular formula is C12H12Cl2N2O3. The second kappa shape index (κ2) is 5.69. The zero-order valence-corrected chi connectivity index (χ0v) is 11.6. The van der Waals surface area contributed by atoms with E-state index in [1.165, 1.54) is 16.9 Å². The van der Waals surface area contributed by atoms with Crippen molar-refractivity contribution < 1.29 is 14.3 Å². The lowest BCUT2D eigenvalue weighted by Gasteiger charge is -2.10. The highest BCUT2D eigenvalue weighted by molar-refractivity contribution is 6.41. The smallest absolute Gasteiger partial charge is 0.268 e. The monoisotopic (exact) mass is 302 g/mol. The normalized spacial score (nSPS) is 12.4. The molecule has 1 atom stereocenters.